The summed E-state index contributed by atoms with van der Waals surface area (Å²) in [6.45, 7) is 1.22. The van der Waals surface area contributed by atoms with Crippen LogP contribution in [0.1, 0.15) is 33.4 Å². The van der Waals surface area contributed by atoms with Gasteiger partial charge in [-0.1, -0.05) is 182 Å². The van der Waals surface area contributed by atoms with Gasteiger partial charge >= 0.3 is 0 Å². The summed E-state index contributed by atoms with van der Waals surface area (Å²) >= 11 is 0. The first-order valence-electron chi connectivity index (χ1n) is 25.9. The van der Waals surface area contributed by atoms with Crippen molar-refractivity contribution in [1.29, 1.82) is 0 Å². The highest BCUT2D eigenvalue weighted by atomic mass is 16.2. The van der Waals surface area contributed by atoms with Crippen LogP contribution in [0, 0.1) is 0 Å². The zero-order valence-electron chi connectivity index (χ0n) is 42.9. The second-order valence-electron chi connectivity index (χ2n) is 18.9. The van der Waals surface area contributed by atoms with Crippen molar-refractivity contribution < 1.29 is 28.8 Å². The average Bonchev–Trinajstić information content (AvgIpc) is 3.43. The molecule has 0 aliphatic rings. The lowest BCUT2D eigenvalue weighted by Gasteiger charge is -2.26. The SMILES string of the molecule is N[C@@H](Cc1ccccc1)C(=O)N[C@@H](Cc1ccccc1)C(=O)NCCN(CCNC(=O)[C@H](Cc1ccccc1)NC(=O)[C@@H](N)Cc1ccccc1)CCNC(=O)[C@H](Cc1ccccc1)NC(=O)[C@@H](N)Cc1ccccc1. The molecule has 6 aromatic rings. The molecule has 0 saturated carbocycles. The van der Waals surface area contributed by atoms with Crippen LogP contribution in [0.5, 0.6) is 0 Å². The van der Waals surface area contributed by atoms with Gasteiger partial charge in [0.2, 0.25) is 35.4 Å². The molecule has 6 amide bonds. The molecular weight excluding hydrogens is 957 g/mol. The van der Waals surface area contributed by atoms with Crippen LogP contribution in [0.15, 0.2) is 182 Å². The highest BCUT2D eigenvalue weighted by Crippen LogP contribution is 2.10. The lowest BCUT2D eigenvalue weighted by atomic mass is 10.0. The summed E-state index contributed by atoms with van der Waals surface area (Å²) in [5.74, 6) is -2.64. The van der Waals surface area contributed by atoms with Gasteiger partial charge in [-0.05, 0) is 52.6 Å². The molecule has 6 rings (SSSR count). The van der Waals surface area contributed by atoms with Crippen LogP contribution >= 0.6 is 0 Å². The molecule has 0 aliphatic heterocycles. The minimum atomic E-state index is -0.945. The van der Waals surface area contributed by atoms with E-state index >= 15 is 0 Å². The molecular formula is C60H72N10O6. The lowest BCUT2D eigenvalue weighted by Crippen LogP contribution is -2.55. The zero-order valence-corrected chi connectivity index (χ0v) is 42.9. The number of hydrogen-bond acceptors (Lipinski definition) is 10. The van der Waals surface area contributed by atoms with Crippen molar-refractivity contribution in [2.45, 2.75) is 74.8 Å². The molecule has 398 valence electrons. The number of hydrogen-bond donors (Lipinski definition) is 9. The minimum Gasteiger partial charge on any atom is -0.353 e. The van der Waals surface area contributed by atoms with Gasteiger partial charge in [0.1, 0.15) is 18.1 Å². The van der Waals surface area contributed by atoms with Crippen LogP contribution in [-0.2, 0) is 67.3 Å². The first-order chi connectivity index (χ1) is 36.9. The molecule has 16 heteroatoms. The third kappa shape index (κ3) is 20.0. The van der Waals surface area contributed by atoms with Crippen molar-refractivity contribution in [3.8, 4) is 0 Å². The zero-order chi connectivity index (χ0) is 53.9. The van der Waals surface area contributed by atoms with Crippen molar-refractivity contribution in [1.82, 2.24) is 36.8 Å². The van der Waals surface area contributed by atoms with Gasteiger partial charge in [0, 0.05) is 58.5 Å². The van der Waals surface area contributed by atoms with E-state index in [0.717, 1.165) is 33.4 Å². The van der Waals surface area contributed by atoms with Crippen LogP contribution in [0.25, 0.3) is 0 Å². The summed E-state index contributed by atoms with van der Waals surface area (Å²) in [7, 11) is 0. The number of carbonyl (C=O) groups excluding carboxylic acids is 6. The van der Waals surface area contributed by atoms with Gasteiger partial charge in [-0.2, -0.15) is 0 Å². The maximum Gasteiger partial charge on any atom is 0.242 e. The van der Waals surface area contributed by atoms with Crippen molar-refractivity contribution >= 4 is 35.4 Å². The fourth-order valence-electron chi connectivity index (χ4n) is 8.61. The first-order valence-corrected chi connectivity index (χ1v) is 25.9. The molecule has 12 N–H and O–H groups in total. The van der Waals surface area contributed by atoms with Gasteiger partial charge in [-0.3, -0.25) is 33.7 Å². The Hall–Kier alpha value is -8.02. The van der Waals surface area contributed by atoms with Gasteiger partial charge in [0.15, 0.2) is 0 Å². The molecule has 6 atom stereocenters. The van der Waals surface area contributed by atoms with E-state index in [4.69, 9.17) is 17.2 Å². The van der Waals surface area contributed by atoms with Crippen molar-refractivity contribution in [2.75, 3.05) is 39.3 Å². The molecule has 0 bridgehead atoms. The number of carbonyl (C=O) groups is 6. The monoisotopic (exact) mass is 1030 g/mol. The number of rotatable bonds is 30. The van der Waals surface area contributed by atoms with Crippen molar-refractivity contribution in [3.05, 3.63) is 215 Å². The molecule has 0 aromatic heterocycles. The third-order valence-electron chi connectivity index (χ3n) is 12.8. The van der Waals surface area contributed by atoms with E-state index in [1.165, 1.54) is 0 Å². The van der Waals surface area contributed by atoms with E-state index in [1.54, 1.807) is 0 Å². The Bertz CT molecular complexity index is 2410. The average molecular weight is 1030 g/mol. The summed E-state index contributed by atoms with van der Waals surface area (Å²) in [5, 5.41) is 17.6. The molecule has 0 heterocycles. The minimum absolute atomic E-state index is 0.135. The second kappa shape index (κ2) is 31.0. The van der Waals surface area contributed by atoms with Gasteiger partial charge < -0.3 is 49.1 Å². The Labute approximate surface area is 446 Å². The van der Waals surface area contributed by atoms with Gasteiger partial charge in [-0.25, -0.2) is 0 Å². The fraction of sp³-hybridized carbons (Fsp3) is 0.300. The number of nitrogens with zero attached hydrogens (tertiary/aromatic N) is 1. The van der Waals surface area contributed by atoms with E-state index in [9.17, 15) is 28.8 Å². The molecule has 0 fully saturated rings. The maximum absolute atomic E-state index is 14.0. The molecule has 0 aliphatic carbocycles. The fourth-order valence-corrected chi connectivity index (χ4v) is 8.61. The topological polar surface area (TPSA) is 256 Å². The Balaban J connectivity index is 1.13. The molecule has 76 heavy (non-hydrogen) atoms. The molecule has 0 radical (unpaired) electrons. The Morgan fingerprint density at radius 3 is 0.711 bits per heavy atom. The third-order valence-corrected chi connectivity index (χ3v) is 12.8. The predicted octanol–water partition coefficient (Wildman–Crippen LogP) is 2.53. The van der Waals surface area contributed by atoms with E-state index in [-0.39, 0.29) is 77.8 Å². The van der Waals surface area contributed by atoms with Gasteiger partial charge in [0.05, 0.1) is 18.1 Å². The van der Waals surface area contributed by atoms with Gasteiger partial charge in [-0.15, -0.1) is 0 Å². The number of nitrogens with one attached hydrogen (secondary N) is 6. The molecule has 16 nitrogen and oxygen atoms in total. The highest BCUT2D eigenvalue weighted by molar-refractivity contribution is 5.91. The van der Waals surface area contributed by atoms with E-state index in [1.807, 2.05) is 187 Å². The predicted molar refractivity (Wildman–Crippen MR) is 296 cm³/mol. The number of nitrogens with two attached hydrogens (primary N) is 3. The van der Waals surface area contributed by atoms with Crippen molar-refractivity contribution in [2.24, 2.45) is 17.2 Å². The summed E-state index contributed by atoms with van der Waals surface area (Å²) in [6.07, 6.45) is 1.51. The molecule has 0 unspecified atom stereocenters. The quantitative estimate of drug-likeness (QED) is 0.0319. The largest absolute Gasteiger partial charge is 0.353 e. The normalized spacial score (nSPS) is 13.4. The molecule has 0 spiro atoms. The smallest absolute Gasteiger partial charge is 0.242 e. The number of benzene rings is 6. The molecule has 0 saturated heterocycles. The second-order valence-corrected chi connectivity index (χ2v) is 18.9. The summed E-state index contributed by atoms with van der Waals surface area (Å²) in [4.78, 5) is 84.3. The van der Waals surface area contributed by atoms with Crippen LogP contribution in [0.2, 0.25) is 0 Å². The van der Waals surface area contributed by atoms with Crippen LogP contribution in [-0.4, -0.2) is 116 Å². The Kier molecular flexibility index (Phi) is 23.4. The summed E-state index contributed by atoms with van der Waals surface area (Å²) in [6, 6.07) is 50.8. The first kappa shape index (κ1) is 57.3. The Morgan fingerprint density at radius 2 is 0.500 bits per heavy atom. The van der Waals surface area contributed by atoms with Crippen LogP contribution < -0.4 is 49.1 Å². The van der Waals surface area contributed by atoms with Crippen LogP contribution in [0.3, 0.4) is 0 Å². The maximum atomic E-state index is 14.0. The van der Waals surface area contributed by atoms with E-state index in [0.29, 0.717) is 0 Å². The lowest BCUT2D eigenvalue weighted by molar-refractivity contribution is -0.129. The summed E-state index contributed by atoms with van der Waals surface area (Å²) in [5.41, 5.74) is 24.2. The highest BCUT2D eigenvalue weighted by Gasteiger charge is 2.28. The van der Waals surface area contributed by atoms with E-state index in [2.05, 4.69) is 31.9 Å². The Morgan fingerprint density at radius 1 is 0.303 bits per heavy atom. The standard InChI is InChI=1S/C60H72N10O6/c61-49(37-43-19-7-1-8-20-43)55(71)67-52(40-46-25-13-4-14-26-46)58(74)64-31-34-70(35-32-65-59(75)53(41-47-27-15-5-16-28-47)68-56(72)50(62)38-44-21-9-2-10-22-44)36-33-66-60(76)54(42-48-29-17-6-18-30-48)69-57(73)51(63)39-45-23-11-3-12-24-45/h1-30,49-54H,31-42,61-63H2,(H,64,74)(H,65,75)(H,66,76)(H,67,71)(H,68,72)(H,69,73)/t49-,50-,51-,52-,53-,54-/m0/s1. The van der Waals surface area contributed by atoms with Crippen LogP contribution in [0.4, 0.5) is 0 Å². The summed E-state index contributed by atoms with van der Waals surface area (Å²) < 4.78 is 0. The number of amides is 6. The van der Waals surface area contributed by atoms with E-state index < -0.39 is 71.7 Å². The van der Waals surface area contributed by atoms with Crippen molar-refractivity contribution in [3.63, 3.8) is 0 Å². The van der Waals surface area contributed by atoms with Gasteiger partial charge in [0.25, 0.3) is 0 Å². The molecule has 6 aromatic carbocycles.